The molecule has 5 rings (SSSR count). The van der Waals surface area contributed by atoms with Crippen LogP contribution in [0.5, 0.6) is 5.75 Å². The number of nitrogens with zero attached hydrogens (tertiary/aromatic N) is 3. The van der Waals surface area contributed by atoms with Crippen molar-refractivity contribution in [3.8, 4) is 17.2 Å². The molecule has 1 aliphatic rings. The third kappa shape index (κ3) is 3.37. The number of nitrogens with one attached hydrogen (secondary N) is 1. The summed E-state index contributed by atoms with van der Waals surface area (Å²) < 4.78 is 5.60. The Bertz CT molecular complexity index is 1180. The number of carbonyl (C=O) groups is 1. The Hall–Kier alpha value is -3.78. The highest BCUT2D eigenvalue weighted by molar-refractivity contribution is 7.99. The van der Waals surface area contributed by atoms with E-state index in [1.54, 1.807) is 40.9 Å². The molecule has 0 fully saturated rings. The van der Waals surface area contributed by atoms with E-state index in [0.29, 0.717) is 11.5 Å². The van der Waals surface area contributed by atoms with Crippen LogP contribution in [0.3, 0.4) is 0 Å². The normalized spacial score (nSPS) is 12.2. The van der Waals surface area contributed by atoms with E-state index in [4.69, 9.17) is 4.42 Å². The van der Waals surface area contributed by atoms with Crippen molar-refractivity contribution < 1.29 is 14.3 Å². The quantitative estimate of drug-likeness (QED) is 0.499. The zero-order chi connectivity index (χ0) is 20.5. The van der Waals surface area contributed by atoms with Gasteiger partial charge < -0.3 is 14.8 Å². The van der Waals surface area contributed by atoms with Gasteiger partial charge in [-0.05, 0) is 48.5 Å². The van der Waals surface area contributed by atoms with Gasteiger partial charge in [0, 0.05) is 15.4 Å². The monoisotopic (exact) mass is 416 g/mol. The van der Waals surface area contributed by atoms with E-state index in [-0.39, 0.29) is 24.2 Å². The maximum atomic E-state index is 13.1. The molecule has 8 heteroatoms. The van der Waals surface area contributed by atoms with Crippen LogP contribution in [0.1, 0.15) is 0 Å². The van der Waals surface area contributed by atoms with E-state index in [1.807, 2.05) is 48.5 Å². The van der Waals surface area contributed by atoms with Gasteiger partial charge in [-0.25, -0.2) is 0 Å². The lowest BCUT2D eigenvalue weighted by atomic mass is 10.2. The van der Waals surface area contributed by atoms with Gasteiger partial charge in [0.2, 0.25) is 5.89 Å². The molecule has 148 valence electrons. The number of hydrogen-bond acceptors (Lipinski definition) is 7. The molecule has 2 heterocycles. The molecule has 0 saturated carbocycles. The number of carbonyl (C=O) groups excluding carboxylic acids is 1. The van der Waals surface area contributed by atoms with E-state index < -0.39 is 0 Å². The maximum Gasteiger partial charge on any atom is 0.316 e. The van der Waals surface area contributed by atoms with Crippen LogP contribution in [0.15, 0.2) is 87.0 Å². The predicted octanol–water partition coefficient (Wildman–Crippen LogP) is 4.68. The molecule has 0 bridgehead atoms. The van der Waals surface area contributed by atoms with E-state index in [1.165, 1.54) is 0 Å². The van der Waals surface area contributed by atoms with Gasteiger partial charge in [-0.3, -0.25) is 9.69 Å². The summed E-state index contributed by atoms with van der Waals surface area (Å²) in [6, 6.07) is 22.2. The summed E-state index contributed by atoms with van der Waals surface area (Å²) in [5.41, 5.74) is 2.38. The third-order valence-corrected chi connectivity index (χ3v) is 5.74. The Morgan fingerprint density at radius 2 is 1.57 bits per heavy atom. The average molecular weight is 416 g/mol. The number of benzene rings is 3. The molecule has 1 aromatic heterocycles. The lowest BCUT2D eigenvalue weighted by molar-refractivity contribution is -0.116. The predicted molar refractivity (Wildman–Crippen MR) is 114 cm³/mol. The minimum Gasteiger partial charge on any atom is -0.508 e. The smallest absolute Gasteiger partial charge is 0.316 e. The molecule has 0 spiro atoms. The van der Waals surface area contributed by atoms with Crippen LogP contribution in [-0.4, -0.2) is 27.8 Å². The van der Waals surface area contributed by atoms with Crippen molar-refractivity contribution >= 4 is 35.1 Å². The second-order valence-electron chi connectivity index (χ2n) is 6.58. The Balaban J connectivity index is 1.36. The second kappa shape index (κ2) is 7.57. The Kier molecular flexibility index (Phi) is 4.61. The summed E-state index contributed by atoms with van der Waals surface area (Å²) in [5, 5.41) is 20.3. The average Bonchev–Trinajstić information content (AvgIpc) is 3.25. The van der Waals surface area contributed by atoms with Crippen LogP contribution >= 0.6 is 11.8 Å². The highest BCUT2D eigenvalue weighted by Gasteiger charge is 2.27. The number of anilines is 3. The molecule has 0 aliphatic carbocycles. The third-order valence-electron chi connectivity index (χ3n) is 4.61. The van der Waals surface area contributed by atoms with Gasteiger partial charge in [0.25, 0.3) is 5.91 Å². The number of aromatic nitrogens is 2. The summed E-state index contributed by atoms with van der Waals surface area (Å²) >= 11 is 1.65. The van der Waals surface area contributed by atoms with Gasteiger partial charge in [0.1, 0.15) is 5.75 Å². The Morgan fingerprint density at radius 1 is 0.933 bits per heavy atom. The van der Waals surface area contributed by atoms with Crippen molar-refractivity contribution in [1.29, 1.82) is 0 Å². The number of aromatic hydroxyl groups is 1. The molecule has 0 saturated heterocycles. The SMILES string of the molecule is O=C(CNc1nnc(-c2ccc(O)cc2)o1)N1c2ccccc2Sc2ccccc21. The molecule has 30 heavy (non-hydrogen) atoms. The maximum absolute atomic E-state index is 13.1. The zero-order valence-corrected chi connectivity index (χ0v) is 16.5. The van der Waals surface area contributed by atoms with Gasteiger partial charge in [0.05, 0.1) is 17.9 Å². The fourth-order valence-electron chi connectivity index (χ4n) is 3.22. The van der Waals surface area contributed by atoms with Crippen LogP contribution < -0.4 is 10.2 Å². The molecule has 0 radical (unpaired) electrons. The first-order chi connectivity index (χ1) is 14.7. The highest BCUT2D eigenvalue weighted by atomic mass is 32.2. The van der Waals surface area contributed by atoms with E-state index in [9.17, 15) is 9.90 Å². The zero-order valence-electron chi connectivity index (χ0n) is 15.6. The van der Waals surface area contributed by atoms with Crippen LogP contribution in [0.25, 0.3) is 11.5 Å². The topological polar surface area (TPSA) is 91.5 Å². The van der Waals surface area contributed by atoms with E-state index in [2.05, 4.69) is 15.5 Å². The molecular formula is C22H16N4O3S. The van der Waals surface area contributed by atoms with E-state index >= 15 is 0 Å². The molecule has 3 aromatic carbocycles. The van der Waals surface area contributed by atoms with Gasteiger partial charge in [-0.2, -0.15) is 0 Å². The van der Waals surface area contributed by atoms with Crippen molar-refractivity contribution in [2.75, 3.05) is 16.8 Å². The number of phenols is 1. The summed E-state index contributed by atoms with van der Waals surface area (Å²) in [5.74, 6) is 0.317. The van der Waals surface area contributed by atoms with Crippen molar-refractivity contribution in [3.05, 3.63) is 72.8 Å². The van der Waals surface area contributed by atoms with Crippen molar-refractivity contribution in [2.45, 2.75) is 9.79 Å². The summed E-state index contributed by atoms with van der Waals surface area (Å²) in [6.07, 6.45) is 0. The Labute approximate surface area is 176 Å². The highest BCUT2D eigenvalue weighted by Crippen LogP contribution is 2.47. The molecule has 1 aliphatic heterocycles. The largest absolute Gasteiger partial charge is 0.508 e. The van der Waals surface area contributed by atoms with Crippen LogP contribution in [0, 0.1) is 0 Å². The van der Waals surface area contributed by atoms with Gasteiger partial charge >= 0.3 is 6.01 Å². The van der Waals surface area contributed by atoms with Crippen LogP contribution in [0.4, 0.5) is 17.4 Å². The molecule has 0 atom stereocenters. The number of hydrogen-bond donors (Lipinski definition) is 2. The van der Waals surface area contributed by atoms with Crippen LogP contribution in [-0.2, 0) is 4.79 Å². The van der Waals surface area contributed by atoms with Crippen molar-refractivity contribution in [3.63, 3.8) is 0 Å². The molecule has 7 nitrogen and oxygen atoms in total. The second-order valence-corrected chi connectivity index (χ2v) is 7.66. The van der Waals surface area contributed by atoms with Crippen molar-refractivity contribution in [2.24, 2.45) is 0 Å². The lowest BCUT2D eigenvalue weighted by Crippen LogP contribution is -2.33. The summed E-state index contributed by atoms with van der Waals surface area (Å²) in [6.45, 7) is -0.00938. The lowest BCUT2D eigenvalue weighted by Gasteiger charge is -2.31. The van der Waals surface area contributed by atoms with E-state index in [0.717, 1.165) is 21.2 Å². The molecule has 1 amide bonds. The Morgan fingerprint density at radius 3 is 2.23 bits per heavy atom. The first-order valence-corrected chi connectivity index (χ1v) is 10.1. The van der Waals surface area contributed by atoms with Crippen LogP contribution in [0.2, 0.25) is 0 Å². The van der Waals surface area contributed by atoms with Gasteiger partial charge in [-0.1, -0.05) is 41.1 Å². The summed E-state index contributed by atoms with van der Waals surface area (Å²) in [7, 11) is 0. The minimum absolute atomic E-state index is 0.00938. The molecule has 4 aromatic rings. The molecule has 0 unspecified atom stereocenters. The fraction of sp³-hybridized carbons (Fsp3) is 0.0455. The molecule has 2 N–H and O–H groups in total. The number of phenolic OH excluding ortho intramolecular Hbond substituents is 1. The van der Waals surface area contributed by atoms with Gasteiger partial charge in [-0.15, -0.1) is 5.10 Å². The van der Waals surface area contributed by atoms with Crippen molar-refractivity contribution in [1.82, 2.24) is 10.2 Å². The fourth-order valence-corrected chi connectivity index (χ4v) is 4.28. The standard InChI is InChI=1S/C22H16N4O3S/c27-15-11-9-14(10-12-15)21-24-25-22(29-21)23-13-20(28)26-16-5-1-3-7-18(16)30-19-8-4-2-6-17(19)26/h1-12,27H,13H2,(H,23,25). The molecular weight excluding hydrogens is 400 g/mol. The summed E-state index contributed by atoms with van der Waals surface area (Å²) in [4.78, 5) is 16.9. The number of fused-ring (bicyclic) bond motifs is 2. The number of amides is 1. The minimum atomic E-state index is -0.139. The number of rotatable bonds is 4. The van der Waals surface area contributed by atoms with Gasteiger partial charge in [0.15, 0.2) is 0 Å². The first-order valence-electron chi connectivity index (χ1n) is 9.25. The number of para-hydroxylation sites is 2. The first kappa shape index (κ1) is 18.3.